The molecule has 5 heteroatoms. The zero-order valence-corrected chi connectivity index (χ0v) is 14.7. The van der Waals surface area contributed by atoms with E-state index in [1.807, 2.05) is 41.3 Å². The van der Waals surface area contributed by atoms with E-state index in [-0.39, 0.29) is 5.91 Å². The molecule has 0 unspecified atom stereocenters. The van der Waals surface area contributed by atoms with Crippen LogP contribution >= 0.6 is 0 Å². The number of carbonyl (C=O) groups excluding carboxylic acids is 1. The SMILES string of the molecule is N#Cc1ccccc1CN1C[C@H]2CC[C@@H]1CN(C(=O)c1cccnc1)C2. The van der Waals surface area contributed by atoms with Crippen molar-refractivity contribution in [2.24, 2.45) is 5.92 Å². The van der Waals surface area contributed by atoms with Gasteiger partial charge in [-0.1, -0.05) is 18.2 Å². The van der Waals surface area contributed by atoms with Gasteiger partial charge in [0.25, 0.3) is 5.91 Å². The number of nitrogens with zero attached hydrogens (tertiary/aromatic N) is 4. The maximum atomic E-state index is 12.9. The lowest BCUT2D eigenvalue weighted by Crippen LogP contribution is -2.44. The molecule has 3 aliphatic rings. The lowest BCUT2D eigenvalue weighted by molar-refractivity contribution is 0.0735. The van der Waals surface area contributed by atoms with Gasteiger partial charge in [0.2, 0.25) is 0 Å². The van der Waals surface area contributed by atoms with Crippen molar-refractivity contribution in [2.75, 3.05) is 19.6 Å². The Kier molecular flexibility index (Phi) is 4.68. The number of amides is 1. The van der Waals surface area contributed by atoms with Gasteiger partial charge in [-0.05, 0) is 42.5 Å². The van der Waals surface area contributed by atoms with Gasteiger partial charge in [0, 0.05) is 44.6 Å². The Bertz CT molecular complexity index is 829. The first-order valence-corrected chi connectivity index (χ1v) is 9.16. The molecule has 0 saturated carbocycles. The summed E-state index contributed by atoms with van der Waals surface area (Å²) in [5.74, 6) is 0.567. The van der Waals surface area contributed by atoms with Crippen LogP contribution in [0.3, 0.4) is 0 Å². The minimum atomic E-state index is 0.0780. The number of benzene rings is 1. The number of nitriles is 1. The van der Waals surface area contributed by atoms with Gasteiger partial charge in [0.15, 0.2) is 0 Å². The Morgan fingerprint density at radius 1 is 1.15 bits per heavy atom. The molecule has 3 fully saturated rings. The van der Waals surface area contributed by atoms with Crippen molar-refractivity contribution in [3.63, 3.8) is 0 Å². The molecule has 0 spiro atoms. The molecule has 3 aliphatic heterocycles. The number of carbonyl (C=O) groups is 1. The maximum absolute atomic E-state index is 12.9. The average molecular weight is 346 g/mol. The molecule has 2 bridgehead atoms. The summed E-state index contributed by atoms with van der Waals surface area (Å²) in [5, 5.41) is 9.35. The van der Waals surface area contributed by atoms with Crippen LogP contribution < -0.4 is 0 Å². The third-order valence-electron chi connectivity index (χ3n) is 5.53. The van der Waals surface area contributed by atoms with Gasteiger partial charge < -0.3 is 4.90 Å². The third kappa shape index (κ3) is 3.33. The van der Waals surface area contributed by atoms with Crippen molar-refractivity contribution < 1.29 is 4.79 Å². The van der Waals surface area contributed by atoms with Gasteiger partial charge >= 0.3 is 0 Å². The fourth-order valence-electron chi connectivity index (χ4n) is 4.20. The first-order valence-electron chi connectivity index (χ1n) is 9.16. The fourth-order valence-corrected chi connectivity index (χ4v) is 4.20. The largest absolute Gasteiger partial charge is 0.337 e. The summed E-state index contributed by atoms with van der Waals surface area (Å²) in [6, 6.07) is 14.1. The van der Waals surface area contributed by atoms with E-state index in [9.17, 15) is 10.1 Å². The lowest BCUT2D eigenvalue weighted by Gasteiger charge is -2.36. The highest BCUT2D eigenvalue weighted by atomic mass is 16.2. The second-order valence-electron chi connectivity index (χ2n) is 7.25. The predicted octanol–water partition coefficient (Wildman–Crippen LogP) is 2.69. The molecule has 3 saturated heterocycles. The molecule has 2 aromatic rings. The van der Waals surface area contributed by atoms with Gasteiger partial charge in [0.05, 0.1) is 17.2 Å². The van der Waals surface area contributed by atoms with Crippen LogP contribution in [0.2, 0.25) is 0 Å². The van der Waals surface area contributed by atoms with Crippen molar-refractivity contribution in [3.8, 4) is 6.07 Å². The highest BCUT2D eigenvalue weighted by Crippen LogP contribution is 2.30. The Balaban J connectivity index is 1.52. The third-order valence-corrected chi connectivity index (χ3v) is 5.53. The molecule has 2 atom stereocenters. The summed E-state index contributed by atoms with van der Waals surface area (Å²) >= 11 is 0. The highest BCUT2D eigenvalue weighted by Gasteiger charge is 2.36. The monoisotopic (exact) mass is 346 g/mol. The number of piperidine rings is 1. The predicted molar refractivity (Wildman–Crippen MR) is 98.2 cm³/mol. The zero-order chi connectivity index (χ0) is 17.9. The molecule has 0 N–H and O–H groups in total. The molecular weight excluding hydrogens is 324 g/mol. The van der Waals surface area contributed by atoms with Crippen LogP contribution in [0.4, 0.5) is 0 Å². The van der Waals surface area contributed by atoms with E-state index >= 15 is 0 Å². The van der Waals surface area contributed by atoms with E-state index in [0.717, 1.165) is 50.1 Å². The van der Waals surface area contributed by atoms with E-state index in [1.165, 1.54) is 0 Å². The summed E-state index contributed by atoms with van der Waals surface area (Å²) in [6.07, 6.45) is 5.61. The lowest BCUT2D eigenvalue weighted by atomic mass is 9.94. The van der Waals surface area contributed by atoms with E-state index in [2.05, 4.69) is 16.0 Å². The van der Waals surface area contributed by atoms with Crippen molar-refractivity contribution >= 4 is 5.91 Å². The minimum absolute atomic E-state index is 0.0780. The van der Waals surface area contributed by atoms with Crippen LogP contribution in [0, 0.1) is 17.2 Å². The van der Waals surface area contributed by atoms with Crippen LogP contribution in [-0.2, 0) is 6.54 Å². The second-order valence-corrected chi connectivity index (χ2v) is 7.25. The van der Waals surface area contributed by atoms with Crippen molar-refractivity contribution in [1.82, 2.24) is 14.8 Å². The maximum Gasteiger partial charge on any atom is 0.255 e. The number of fused-ring (bicyclic) bond motifs is 4. The van der Waals surface area contributed by atoms with Crippen LogP contribution in [0.5, 0.6) is 0 Å². The molecule has 5 rings (SSSR count). The normalized spacial score (nSPS) is 22.7. The first-order chi connectivity index (χ1) is 12.7. The topological polar surface area (TPSA) is 60.2 Å². The molecule has 0 aliphatic carbocycles. The summed E-state index contributed by atoms with van der Waals surface area (Å²) in [7, 11) is 0. The Hall–Kier alpha value is -2.71. The Labute approximate surface area is 153 Å². The summed E-state index contributed by atoms with van der Waals surface area (Å²) in [5.41, 5.74) is 2.48. The minimum Gasteiger partial charge on any atom is -0.337 e. The highest BCUT2D eigenvalue weighted by molar-refractivity contribution is 5.94. The molecule has 0 radical (unpaired) electrons. The zero-order valence-electron chi connectivity index (χ0n) is 14.7. The van der Waals surface area contributed by atoms with Gasteiger partial charge in [-0.15, -0.1) is 0 Å². The van der Waals surface area contributed by atoms with Gasteiger partial charge in [-0.3, -0.25) is 14.7 Å². The van der Waals surface area contributed by atoms with E-state index < -0.39 is 0 Å². The molecule has 26 heavy (non-hydrogen) atoms. The van der Waals surface area contributed by atoms with Crippen LogP contribution in [0.1, 0.15) is 34.3 Å². The smallest absolute Gasteiger partial charge is 0.255 e. The number of aromatic nitrogens is 1. The number of hydrogen-bond donors (Lipinski definition) is 0. The van der Waals surface area contributed by atoms with Crippen molar-refractivity contribution in [2.45, 2.75) is 25.4 Å². The molecule has 1 aromatic heterocycles. The molecule has 4 heterocycles. The first kappa shape index (κ1) is 16.7. The molecular formula is C21H22N4O. The average Bonchev–Trinajstić information content (AvgIpc) is 3.00. The molecule has 132 valence electrons. The van der Waals surface area contributed by atoms with Crippen molar-refractivity contribution in [3.05, 3.63) is 65.5 Å². The van der Waals surface area contributed by atoms with Gasteiger partial charge in [-0.25, -0.2) is 0 Å². The Morgan fingerprint density at radius 3 is 2.85 bits per heavy atom. The Morgan fingerprint density at radius 2 is 2.04 bits per heavy atom. The van der Waals surface area contributed by atoms with E-state index in [4.69, 9.17) is 0 Å². The molecule has 5 nitrogen and oxygen atoms in total. The van der Waals surface area contributed by atoms with E-state index in [0.29, 0.717) is 17.5 Å². The van der Waals surface area contributed by atoms with Crippen LogP contribution in [0.15, 0.2) is 48.8 Å². The van der Waals surface area contributed by atoms with Crippen LogP contribution in [0.25, 0.3) is 0 Å². The number of rotatable bonds is 3. The van der Waals surface area contributed by atoms with Gasteiger partial charge in [-0.2, -0.15) is 5.26 Å². The summed E-state index contributed by atoms with van der Waals surface area (Å²) in [6.45, 7) is 3.32. The second kappa shape index (κ2) is 7.27. The number of pyridine rings is 1. The van der Waals surface area contributed by atoms with Gasteiger partial charge in [0.1, 0.15) is 0 Å². The standard InChI is InChI=1S/C21H22N4O/c22-10-17-4-1-2-5-19(17)14-24-12-16-7-8-20(24)15-25(13-16)21(26)18-6-3-9-23-11-18/h1-6,9,11,16,20H,7-8,12-15H2/t16-,20-/m1/s1. The van der Waals surface area contributed by atoms with Crippen LogP contribution in [-0.4, -0.2) is 46.4 Å². The van der Waals surface area contributed by atoms with E-state index in [1.54, 1.807) is 12.4 Å². The fraction of sp³-hybridized carbons (Fsp3) is 0.381. The molecule has 1 amide bonds. The summed E-state index contributed by atoms with van der Waals surface area (Å²) < 4.78 is 0. The quantitative estimate of drug-likeness (QED) is 0.857. The number of hydrogen-bond acceptors (Lipinski definition) is 4. The molecule has 1 aromatic carbocycles. The van der Waals surface area contributed by atoms with Crippen molar-refractivity contribution in [1.29, 1.82) is 5.26 Å². The summed E-state index contributed by atoms with van der Waals surface area (Å²) in [4.78, 5) is 21.4.